The summed E-state index contributed by atoms with van der Waals surface area (Å²) in [6.07, 6.45) is 0. The van der Waals surface area contributed by atoms with Crippen LogP contribution in [0.5, 0.6) is 0 Å². The fourth-order valence-electron chi connectivity index (χ4n) is 1.31. The highest BCUT2D eigenvalue weighted by molar-refractivity contribution is 6.39. The second kappa shape index (κ2) is 3.79. The van der Waals surface area contributed by atoms with E-state index in [1.165, 1.54) is 0 Å². The molecule has 0 aromatic heterocycles. The number of benzene rings is 1. The molecule has 2 nitrogen and oxygen atoms in total. The van der Waals surface area contributed by atoms with Crippen molar-refractivity contribution in [3.63, 3.8) is 0 Å². The van der Waals surface area contributed by atoms with E-state index in [1.54, 1.807) is 18.2 Å². The van der Waals surface area contributed by atoms with E-state index in [0.29, 0.717) is 28.1 Å². The predicted molar refractivity (Wildman–Crippen MR) is 58.4 cm³/mol. The summed E-state index contributed by atoms with van der Waals surface area (Å²) in [7, 11) is 0. The molecular weight excluding hydrogens is 221 g/mol. The normalized spacial score (nSPS) is 20.5. The van der Waals surface area contributed by atoms with Gasteiger partial charge in [-0.05, 0) is 19.1 Å². The van der Waals surface area contributed by atoms with Crippen molar-refractivity contribution < 1.29 is 4.74 Å². The third-order valence-electron chi connectivity index (χ3n) is 1.98. The summed E-state index contributed by atoms with van der Waals surface area (Å²) >= 11 is 12.0. The van der Waals surface area contributed by atoms with Crippen molar-refractivity contribution in [3.8, 4) is 0 Å². The van der Waals surface area contributed by atoms with Gasteiger partial charge in [-0.2, -0.15) is 0 Å². The van der Waals surface area contributed by atoms with Crippen molar-refractivity contribution >= 4 is 29.1 Å². The Morgan fingerprint density at radius 2 is 2.00 bits per heavy atom. The lowest BCUT2D eigenvalue weighted by molar-refractivity contribution is 0.324. The van der Waals surface area contributed by atoms with Gasteiger partial charge < -0.3 is 4.74 Å². The van der Waals surface area contributed by atoms with Crippen LogP contribution >= 0.6 is 23.2 Å². The summed E-state index contributed by atoms with van der Waals surface area (Å²) in [5.41, 5.74) is 0.695. The molecule has 1 aromatic carbocycles. The van der Waals surface area contributed by atoms with Gasteiger partial charge in [0, 0.05) is 0 Å². The average Bonchev–Trinajstić information content (AvgIpc) is 2.51. The van der Waals surface area contributed by atoms with Gasteiger partial charge in [0.05, 0.1) is 21.7 Å². The summed E-state index contributed by atoms with van der Waals surface area (Å²) in [6.45, 7) is 2.58. The van der Waals surface area contributed by atoms with E-state index in [1.807, 2.05) is 6.92 Å². The molecule has 0 aliphatic carbocycles. The van der Waals surface area contributed by atoms with Crippen molar-refractivity contribution in [3.05, 3.63) is 33.8 Å². The SMILES string of the molecule is CC1COC(c2c(Cl)cccc2Cl)=N1. The molecule has 0 spiro atoms. The number of aliphatic imine (C=N–C) groups is 1. The quantitative estimate of drug-likeness (QED) is 0.726. The van der Waals surface area contributed by atoms with Crippen molar-refractivity contribution in [1.82, 2.24) is 0 Å². The van der Waals surface area contributed by atoms with Gasteiger partial charge in [-0.15, -0.1) is 0 Å². The van der Waals surface area contributed by atoms with Crippen molar-refractivity contribution in [2.24, 2.45) is 4.99 Å². The zero-order valence-electron chi connectivity index (χ0n) is 7.63. The second-order valence-electron chi connectivity index (χ2n) is 3.19. The molecule has 14 heavy (non-hydrogen) atoms. The molecule has 74 valence electrons. The van der Waals surface area contributed by atoms with Crippen LogP contribution in [0.15, 0.2) is 23.2 Å². The molecule has 1 heterocycles. The fourth-order valence-corrected chi connectivity index (χ4v) is 1.87. The molecule has 1 aliphatic rings. The Morgan fingerprint density at radius 1 is 1.36 bits per heavy atom. The summed E-state index contributed by atoms with van der Waals surface area (Å²) in [6, 6.07) is 5.53. The molecule has 0 amide bonds. The number of rotatable bonds is 1. The maximum atomic E-state index is 6.01. The van der Waals surface area contributed by atoms with E-state index >= 15 is 0 Å². The number of halogens is 2. The number of hydrogen-bond donors (Lipinski definition) is 0. The minimum absolute atomic E-state index is 0.178. The number of ether oxygens (including phenoxy) is 1. The van der Waals surface area contributed by atoms with Gasteiger partial charge in [0.25, 0.3) is 0 Å². The Labute approximate surface area is 92.5 Å². The smallest absolute Gasteiger partial charge is 0.219 e. The van der Waals surface area contributed by atoms with Crippen LogP contribution in [0.3, 0.4) is 0 Å². The fraction of sp³-hybridized carbons (Fsp3) is 0.300. The molecule has 1 atom stereocenters. The van der Waals surface area contributed by atoms with Gasteiger partial charge in [-0.1, -0.05) is 29.3 Å². The Kier molecular flexibility index (Phi) is 2.66. The maximum absolute atomic E-state index is 6.01. The standard InChI is InChI=1S/C10H9Cl2NO/c1-6-5-14-10(13-6)9-7(11)3-2-4-8(9)12/h2-4,6H,5H2,1H3. The van der Waals surface area contributed by atoms with Crippen LogP contribution < -0.4 is 0 Å². The van der Waals surface area contributed by atoms with Gasteiger partial charge in [-0.3, -0.25) is 0 Å². The molecule has 1 unspecified atom stereocenters. The highest BCUT2D eigenvalue weighted by Crippen LogP contribution is 2.27. The monoisotopic (exact) mass is 229 g/mol. The third kappa shape index (κ3) is 1.72. The first-order valence-electron chi connectivity index (χ1n) is 4.33. The van der Waals surface area contributed by atoms with E-state index in [2.05, 4.69) is 4.99 Å². The van der Waals surface area contributed by atoms with Crippen LogP contribution in [-0.4, -0.2) is 18.5 Å². The van der Waals surface area contributed by atoms with Crippen molar-refractivity contribution in [2.75, 3.05) is 6.61 Å². The van der Waals surface area contributed by atoms with Gasteiger partial charge in [0.1, 0.15) is 6.61 Å². The molecule has 1 aliphatic heterocycles. The first-order chi connectivity index (χ1) is 6.68. The first kappa shape index (κ1) is 9.81. The minimum Gasteiger partial charge on any atom is -0.475 e. The Bertz CT molecular complexity index is 369. The zero-order chi connectivity index (χ0) is 10.1. The molecule has 0 fully saturated rings. The summed E-state index contributed by atoms with van der Waals surface area (Å²) in [5.74, 6) is 0.549. The summed E-state index contributed by atoms with van der Waals surface area (Å²) in [4.78, 5) is 4.31. The highest BCUT2D eigenvalue weighted by Gasteiger charge is 2.20. The molecule has 2 rings (SSSR count). The van der Waals surface area contributed by atoms with Crippen LogP contribution in [0.4, 0.5) is 0 Å². The van der Waals surface area contributed by atoms with E-state index in [0.717, 1.165) is 0 Å². The Balaban J connectivity index is 2.46. The van der Waals surface area contributed by atoms with Gasteiger partial charge >= 0.3 is 0 Å². The minimum atomic E-state index is 0.178. The highest BCUT2D eigenvalue weighted by atomic mass is 35.5. The van der Waals surface area contributed by atoms with E-state index in [9.17, 15) is 0 Å². The van der Waals surface area contributed by atoms with E-state index in [4.69, 9.17) is 27.9 Å². The van der Waals surface area contributed by atoms with Gasteiger partial charge in [0.2, 0.25) is 5.90 Å². The topological polar surface area (TPSA) is 21.6 Å². The number of nitrogens with zero attached hydrogens (tertiary/aromatic N) is 1. The van der Waals surface area contributed by atoms with Crippen molar-refractivity contribution in [1.29, 1.82) is 0 Å². The zero-order valence-corrected chi connectivity index (χ0v) is 9.14. The summed E-state index contributed by atoms with van der Waals surface area (Å²) < 4.78 is 5.39. The molecule has 0 saturated heterocycles. The molecule has 0 N–H and O–H groups in total. The molecule has 4 heteroatoms. The summed E-state index contributed by atoms with van der Waals surface area (Å²) in [5, 5.41) is 1.15. The molecular formula is C10H9Cl2NO. The Hall–Kier alpha value is -0.730. The lowest BCUT2D eigenvalue weighted by Gasteiger charge is -2.05. The van der Waals surface area contributed by atoms with Crippen LogP contribution in [0, 0.1) is 0 Å². The molecule has 1 aromatic rings. The lowest BCUT2D eigenvalue weighted by Crippen LogP contribution is -2.03. The number of hydrogen-bond acceptors (Lipinski definition) is 2. The first-order valence-corrected chi connectivity index (χ1v) is 5.09. The molecule has 0 radical (unpaired) electrons. The van der Waals surface area contributed by atoms with Crippen LogP contribution in [-0.2, 0) is 4.74 Å². The molecule has 0 saturated carbocycles. The third-order valence-corrected chi connectivity index (χ3v) is 2.61. The predicted octanol–water partition coefficient (Wildman–Crippen LogP) is 3.16. The van der Waals surface area contributed by atoms with Gasteiger partial charge in [0.15, 0.2) is 0 Å². The largest absolute Gasteiger partial charge is 0.475 e. The van der Waals surface area contributed by atoms with Crippen LogP contribution in [0.1, 0.15) is 12.5 Å². The van der Waals surface area contributed by atoms with Crippen molar-refractivity contribution in [2.45, 2.75) is 13.0 Å². The van der Waals surface area contributed by atoms with E-state index < -0.39 is 0 Å². The maximum Gasteiger partial charge on any atom is 0.219 e. The van der Waals surface area contributed by atoms with Crippen LogP contribution in [0.25, 0.3) is 0 Å². The Morgan fingerprint density at radius 3 is 2.50 bits per heavy atom. The van der Waals surface area contributed by atoms with E-state index in [-0.39, 0.29) is 6.04 Å². The lowest BCUT2D eigenvalue weighted by atomic mass is 10.2. The van der Waals surface area contributed by atoms with Crippen LogP contribution in [0.2, 0.25) is 10.0 Å². The second-order valence-corrected chi connectivity index (χ2v) is 4.01. The van der Waals surface area contributed by atoms with Gasteiger partial charge in [-0.25, -0.2) is 4.99 Å². The molecule has 0 bridgehead atoms. The average molecular weight is 230 g/mol.